The molecule has 1 aromatic rings. The van der Waals surface area contributed by atoms with Crippen molar-refractivity contribution in [3.05, 3.63) is 33.8 Å². The van der Waals surface area contributed by atoms with Crippen LogP contribution in [0.2, 0.25) is 10.0 Å². The normalized spacial score (nSPS) is 17.8. The molecule has 19 heavy (non-hydrogen) atoms. The van der Waals surface area contributed by atoms with Crippen LogP contribution < -0.4 is 5.32 Å². The minimum Gasteiger partial charge on any atom is -0.350 e. The molecule has 1 N–H and O–H groups in total. The van der Waals surface area contributed by atoms with Gasteiger partial charge in [-0.1, -0.05) is 30.1 Å². The number of likely N-dealkylation sites (N-methyl/N-ethyl adjacent to an activating group) is 1. The van der Waals surface area contributed by atoms with Crippen molar-refractivity contribution in [2.75, 3.05) is 19.8 Å². The van der Waals surface area contributed by atoms with Crippen molar-refractivity contribution in [1.29, 1.82) is 0 Å². The molecule has 0 spiro atoms. The van der Waals surface area contributed by atoms with Crippen LogP contribution in [0.4, 0.5) is 0 Å². The van der Waals surface area contributed by atoms with Gasteiger partial charge in [0.1, 0.15) is 0 Å². The molecule has 2 rings (SSSR count). The largest absolute Gasteiger partial charge is 0.350 e. The molecule has 0 radical (unpaired) electrons. The van der Waals surface area contributed by atoms with Crippen molar-refractivity contribution in [3.63, 3.8) is 0 Å². The predicted octanol–water partition coefficient (Wildman–Crippen LogP) is 3.28. The van der Waals surface area contributed by atoms with Gasteiger partial charge >= 0.3 is 0 Å². The summed E-state index contributed by atoms with van der Waals surface area (Å²) in [6.45, 7) is 4.35. The third-order valence-electron chi connectivity index (χ3n) is 3.13. The Kier molecular flexibility index (Phi) is 5.92. The van der Waals surface area contributed by atoms with E-state index in [0.717, 1.165) is 30.0 Å². The Morgan fingerprint density at radius 2 is 2.05 bits per heavy atom. The first-order valence-electron chi connectivity index (χ1n) is 6.59. The van der Waals surface area contributed by atoms with E-state index in [0.29, 0.717) is 18.2 Å². The molecule has 1 unspecified atom stereocenters. The number of nitrogens with one attached hydrogen (secondary N) is 1. The van der Waals surface area contributed by atoms with Crippen molar-refractivity contribution in [2.24, 2.45) is 0 Å². The topological polar surface area (TPSA) is 30.5 Å². The van der Waals surface area contributed by atoms with Gasteiger partial charge in [-0.3, -0.25) is 0 Å². The lowest BCUT2D eigenvalue weighted by atomic mass is 10.0. The predicted molar refractivity (Wildman–Crippen MR) is 77.9 cm³/mol. The van der Waals surface area contributed by atoms with Crippen molar-refractivity contribution in [2.45, 2.75) is 32.1 Å². The van der Waals surface area contributed by atoms with Gasteiger partial charge in [0, 0.05) is 22.5 Å². The van der Waals surface area contributed by atoms with Crippen LogP contribution in [0.25, 0.3) is 0 Å². The molecule has 5 heteroatoms. The molecule has 1 aliphatic heterocycles. The Morgan fingerprint density at radius 1 is 1.32 bits per heavy atom. The fourth-order valence-electron chi connectivity index (χ4n) is 2.27. The molecule has 0 bridgehead atoms. The second kappa shape index (κ2) is 7.46. The van der Waals surface area contributed by atoms with E-state index in [1.165, 1.54) is 0 Å². The van der Waals surface area contributed by atoms with E-state index >= 15 is 0 Å². The number of ether oxygens (including phenoxy) is 2. The summed E-state index contributed by atoms with van der Waals surface area (Å²) in [4.78, 5) is 0. The third kappa shape index (κ3) is 4.62. The zero-order valence-electron chi connectivity index (χ0n) is 11.0. The van der Waals surface area contributed by atoms with Crippen molar-refractivity contribution < 1.29 is 9.47 Å². The highest BCUT2D eigenvalue weighted by Crippen LogP contribution is 2.23. The highest BCUT2D eigenvalue weighted by molar-refractivity contribution is 6.33. The van der Waals surface area contributed by atoms with Gasteiger partial charge in [-0.2, -0.15) is 0 Å². The highest BCUT2D eigenvalue weighted by Gasteiger charge is 2.21. The van der Waals surface area contributed by atoms with Gasteiger partial charge in [0.15, 0.2) is 6.29 Å². The first-order chi connectivity index (χ1) is 9.19. The molecule has 106 valence electrons. The SMILES string of the molecule is CCNC(Cc1cc(Cl)ccc1Cl)CC1OCCO1. The number of hydrogen-bond acceptors (Lipinski definition) is 3. The molecule has 1 saturated heterocycles. The summed E-state index contributed by atoms with van der Waals surface area (Å²) in [7, 11) is 0. The maximum Gasteiger partial charge on any atom is 0.159 e. The van der Waals surface area contributed by atoms with Crippen LogP contribution in [0.3, 0.4) is 0 Å². The second-order valence-electron chi connectivity index (χ2n) is 4.60. The minimum absolute atomic E-state index is 0.109. The van der Waals surface area contributed by atoms with Gasteiger partial charge < -0.3 is 14.8 Å². The molecular formula is C14H19Cl2NO2. The maximum atomic E-state index is 6.21. The van der Waals surface area contributed by atoms with Crippen LogP contribution in [-0.4, -0.2) is 32.1 Å². The van der Waals surface area contributed by atoms with Gasteiger partial charge in [-0.15, -0.1) is 0 Å². The molecule has 1 heterocycles. The van der Waals surface area contributed by atoms with Crippen LogP contribution in [0, 0.1) is 0 Å². The molecular weight excluding hydrogens is 285 g/mol. The molecule has 1 atom stereocenters. The van der Waals surface area contributed by atoms with Crippen LogP contribution in [0.1, 0.15) is 18.9 Å². The Labute approximate surface area is 124 Å². The van der Waals surface area contributed by atoms with Crippen LogP contribution in [-0.2, 0) is 15.9 Å². The third-order valence-corrected chi connectivity index (χ3v) is 3.74. The Balaban J connectivity index is 2.00. The lowest BCUT2D eigenvalue weighted by Crippen LogP contribution is -2.34. The highest BCUT2D eigenvalue weighted by atomic mass is 35.5. The van der Waals surface area contributed by atoms with E-state index in [1.807, 2.05) is 12.1 Å². The van der Waals surface area contributed by atoms with E-state index in [-0.39, 0.29) is 12.3 Å². The van der Waals surface area contributed by atoms with Crippen LogP contribution in [0.5, 0.6) is 0 Å². The molecule has 0 aliphatic carbocycles. The zero-order valence-corrected chi connectivity index (χ0v) is 12.5. The summed E-state index contributed by atoms with van der Waals surface area (Å²) in [5.74, 6) is 0. The fraction of sp³-hybridized carbons (Fsp3) is 0.571. The van der Waals surface area contributed by atoms with E-state index < -0.39 is 0 Å². The molecule has 1 aliphatic rings. The second-order valence-corrected chi connectivity index (χ2v) is 5.44. The molecule has 0 aromatic heterocycles. The molecule has 3 nitrogen and oxygen atoms in total. The molecule has 0 saturated carbocycles. The molecule has 0 amide bonds. The fourth-order valence-corrected chi connectivity index (χ4v) is 2.66. The van der Waals surface area contributed by atoms with Gasteiger partial charge in [0.2, 0.25) is 0 Å². The lowest BCUT2D eigenvalue weighted by molar-refractivity contribution is -0.0525. The minimum atomic E-state index is -0.109. The Hall–Kier alpha value is -0.320. The number of benzene rings is 1. The van der Waals surface area contributed by atoms with Crippen LogP contribution >= 0.6 is 23.2 Å². The average Bonchev–Trinajstić information content (AvgIpc) is 2.87. The number of halogens is 2. The van der Waals surface area contributed by atoms with Crippen LogP contribution in [0.15, 0.2) is 18.2 Å². The summed E-state index contributed by atoms with van der Waals surface area (Å²) < 4.78 is 11.0. The van der Waals surface area contributed by atoms with Crippen molar-refractivity contribution in [3.8, 4) is 0 Å². The first-order valence-corrected chi connectivity index (χ1v) is 7.35. The van der Waals surface area contributed by atoms with E-state index in [2.05, 4.69) is 12.2 Å². The zero-order chi connectivity index (χ0) is 13.7. The lowest BCUT2D eigenvalue weighted by Gasteiger charge is -2.21. The summed E-state index contributed by atoms with van der Waals surface area (Å²) in [6, 6.07) is 5.83. The van der Waals surface area contributed by atoms with Gasteiger partial charge in [0.05, 0.1) is 13.2 Å². The number of rotatable bonds is 6. The Morgan fingerprint density at radius 3 is 2.74 bits per heavy atom. The summed E-state index contributed by atoms with van der Waals surface area (Å²) in [5, 5.41) is 4.90. The summed E-state index contributed by atoms with van der Waals surface area (Å²) >= 11 is 12.2. The summed E-state index contributed by atoms with van der Waals surface area (Å²) in [6.07, 6.45) is 1.52. The molecule has 1 aromatic carbocycles. The standard InChI is InChI=1S/C14H19Cl2NO2/c1-2-17-12(9-14-18-5-6-19-14)8-10-7-11(15)3-4-13(10)16/h3-4,7,12,14,17H,2,5-6,8-9H2,1H3. The van der Waals surface area contributed by atoms with Gasteiger partial charge in [-0.05, 0) is 36.7 Å². The quantitative estimate of drug-likeness (QED) is 0.875. The van der Waals surface area contributed by atoms with E-state index in [4.69, 9.17) is 32.7 Å². The van der Waals surface area contributed by atoms with Crippen molar-refractivity contribution in [1.82, 2.24) is 5.32 Å². The summed E-state index contributed by atoms with van der Waals surface area (Å²) in [5.41, 5.74) is 1.05. The smallest absolute Gasteiger partial charge is 0.159 e. The van der Waals surface area contributed by atoms with E-state index in [9.17, 15) is 0 Å². The van der Waals surface area contributed by atoms with Crippen molar-refractivity contribution >= 4 is 23.2 Å². The first kappa shape index (κ1) is 15.1. The van der Waals surface area contributed by atoms with E-state index in [1.54, 1.807) is 6.07 Å². The number of hydrogen-bond donors (Lipinski definition) is 1. The van der Waals surface area contributed by atoms with Gasteiger partial charge in [0.25, 0.3) is 0 Å². The Bertz CT molecular complexity index is 408. The maximum absolute atomic E-state index is 6.21. The van der Waals surface area contributed by atoms with Gasteiger partial charge in [-0.25, -0.2) is 0 Å². The average molecular weight is 304 g/mol. The monoisotopic (exact) mass is 303 g/mol. The molecule has 1 fully saturated rings.